The first kappa shape index (κ1) is 25.1. The van der Waals surface area contributed by atoms with Crippen molar-refractivity contribution < 1.29 is 19.1 Å². The van der Waals surface area contributed by atoms with Crippen molar-refractivity contribution in [1.82, 2.24) is 4.57 Å². The first-order valence-corrected chi connectivity index (χ1v) is 12.2. The highest BCUT2D eigenvalue weighted by Gasteiger charge is 2.33. The number of hydrogen-bond acceptors (Lipinski definition) is 8. The molecular formula is C27H27N3O5S. The summed E-state index contributed by atoms with van der Waals surface area (Å²) in [4.78, 5) is 45.6. The number of nitrogens with zero attached hydrogens (tertiary/aromatic N) is 3. The zero-order valence-electron chi connectivity index (χ0n) is 20.8. The van der Waals surface area contributed by atoms with Gasteiger partial charge in [-0.05, 0) is 55.3 Å². The largest absolute Gasteiger partial charge is 0.465 e. The van der Waals surface area contributed by atoms with E-state index in [0.29, 0.717) is 26.2 Å². The molecule has 36 heavy (non-hydrogen) atoms. The summed E-state index contributed by atoms with van der Waals surface area (Å²) in [6, 6.07) is 13.8. The number of aromatic nitrogens is 1. The lowest BCUT2D eigenvalue weighted by molar-refractivity contribution is -0.139. The predicted octanol–water partition coefficient (Wildman–Crippen LogP) is 2.65. The van der Waals surface area contributed by atoms with Crippen LogP contribution in [0.3, 0.4) is 0 Å². The number of hydrogen-bond donors (Lipinski definition) is 0. The smallest absolute Gasteiger partial charge is 0.338 e. The van der Waals surface area contributed by atoms with Crippen LogP contribution in [0.4, 0.5) is 5.69 Å². The number of fused-ring (bicyclic) bond motifs is 1. The molecule has 2 heterocycles. The average molecular weight is 506 g/mol. The minimum atomic E-state index is -0.745. The van der Waals surface area contributed by atoms with E-state index >= 15 is 0 Å². The van der Waals surface area contributed by atoms with Crippen molar-refractivity contribution in [3.05, 3.63) is 96.2 Å². The van der Waals surface area contributed by atoms with Crippen LogP contribution in [0.2, 0.25) is 0 Å². The fraction of sp³-hybridized carbons (Fsp3) is 0.259. The van der Waals surface area contributed by atoms with Crippen molar-refractivity contribution >= 4 is 35.0 Å². The summed E-state index contributed by atoms with van der Waals surface area (Å²) in [6.07, 6.45) is 1.82. The van der Waals surface area contributed by atoms with Gasteiger partial charge in [0.1, 0.15) is 0 Å². The summed E-state index contributed by atoms with van der Waals surface area (Å²) in [5, 5.41) is 0. The number of anilines is 1. The zero-order chi connectivity index (χ0) is 26.0. The van der Waals surface area contributed by atoms with Crippen LogP contribution in [0, 0.1) is 0 Å². The second-order valence-electron chi connectivity index (χ2n) is 8.40. The molecule has 0 bridgehead atoms. The molecule has 0 N–H and O–H groups in total. The molecule has 0 amide bonds. The Bertz CT molecular complexity index is 1510. The van der Waals surface area contributed by atoms with E-state index in [2.05, 4.69) is 4.99 Å². The molecule has 1 aromatic heterocycles. The standard InChI is InChI=1S/C27H27N3O5S/c1-6-35-26(33)22-16(2)28-27-30(23(22)18-9-11-19(12-10-18)25(32)34-5)24(31)21(36-27)15-17-7-13-20(14-8-17)29(3)4/h7-15,23H,6H2,1-5H3. The quantitative estimate of drug-likeness (QED) is 0.479. The molecule has 0 fully saturated rings. The van der Waals surface area contributed by atoms with Crippen molar-refractivity contribution in [3.63, 3.8) is 0 Å². The Morgan fingerprint density at radius 3 is 2.33 bits per heavy atom. The van der Waals surface area contributed by atoms with Crippen molar-refractivity contribution in [2.75, 3.05) is 32.7 Å². The number of esters is 2. The van der Waals surface area contributed by atoms with Gasteiger partial charge in [0.05, 0.1) is 41.1 Å². The van der Waals surface area contributed by atoms with Gasteiger partial charge in [-0.2, -0.15) is 0 Å². The molecule has 0 spiro atoms. The number of benzene rings is 2. The van der Waals surface area contributed by atoms with Crippen LogP contribution >= 0.6 is 11.3 Å². The third-order valence-corrected chi connectivity index (χ3v) is 6.85. The Kier molecular flexibility index (Phi) is 7.21. The maximum Gasteiger partial charge on any atom is 0.338 e. The highest BCUT2D eigenvalue weighted by molar-refractivity contribution is 7.07. The lowest BCUT2D eigenvalue weighted by atomic mass is 9.95. The van der Waals surface area contributed by atoms with E-state index in [9.17, 15) is 14.4 Å². The van der Waals surface area contributed by atoms with Gasteiger partial charge in [0.15, 0.2) is 4.80 Å². The number of carbonyl (C=O) groups is 2. The lowest BCUT2D eigenvalue weighted by Gasteiger charge is -2.24. The summed E-state index contributed by atoms with van der Waals surface area (Å²) >= 11 is 1.27. The molecule has 0 saturated heterocycles. The molecule has 4 rings (SSSR count). The molecule has 8 nitrogen and oxygen atoms in total. The van der Waals surface area contributed by atoms with Gasteiger partial charge in [0.25, 0.3) is 5.56 Å². The van der Waals surface area contributed by atoms with Gasteiger partial charge in [0, 0.05) is 19.8 Å². The molecular weight excluding hydrogens is 478 g/mol. The van der Waals surface area contributed by atoms with Gasteiger partial charge in [-0.1, -0.05) is 35.6 Å². The number of allylic oxidation sites excluding steroid dienone is 1. The van der Waals surface area contributed by atoms with Gasteiger partial charge < -0.3 is 14.4 Å². The van der Waals surface area contributed by atoms with Crippen LogP contribution in [-0.4, -0.2) is 44.3 Å². The Balaban J connectivity index is 1.88. The Morgan fingerprint density at radius 2 is 1.75 bits per heavy atom. The van der Waals surface area contributed by atoms with Crippen LogP contribution in [0.15, 0.2) is 69.6 Å². The SMILES string of the molecule is CCOC(=O)C1=C(C)N=c2sc(=Cc3ccc(N(C)C)cc3)c(=O)n2C1c1ccc(C(=O)OC)cc1. The van der Waals surface area contributed by atoms with Gasteiger partial charge >= 0.3 is 11.9 Å². The highest BCUT2D eigenvalue weighted by atomic mass is 32.1. The van der Waals surface area contributed by atoms with Crippen molar-refractivity contribution in [3.8, 4) is 0 Å². The van der Waals surface area contributed by atoms with Gasteiger partial charge in [-0.25, -0.2) is 14.6 Å². The normalized spacial score (nSPS) is 15.2. The molecule has 3 aromatic rings. The third-order valence-electron chi connectivity index (χ3n) is 5.87. The van der Waals surface area contributed by atoms with Crippen LogP contribution in [0.5, 0.6) is 0 Å². The second kappa shape index (κ2) is 10.3. The van der Waals surface area contributed by atoms with Crippen molar-refractivity contribution in [2.45, 2.75) is 19.9 Å². The molecule has 186 valence electrons. The minimum absolute atomic E-state index is 0.191. The van der Waals surface area contributed by atoms with E-state index in [1.807, 2.05) is 49.3 Å². The number of carbonyl (C=O) groups excluding carboxylic acids is 2. The molecule has 1 atom stereocenters. The van der Waals surface area contributed by atoms with Crippen molar-refractivity contribution in [1.29, 1.82) is 0 Å². The first-order valence-electron chi connectivity index (χ1n) is 11.4. The molecule has 1 aliphatic rings. The molecule has 9 heteroatoms. The maximum absolute atomic E-state index is 13.7. The van der Waals surface area contributed by atoms with E-state index in [1.165, 1.54) is 23.0 Å². The Hall–Kier alpha value is -3.98. The first-order chi connectivity index (χ1) is 17.2. The molecule has 0 aliphatic carbocycles. The fourth-order valence-electron chi connectivity index (χ4n) is 4.05. The third kappa shape index (κ3) is 4.74. The second-order valence-corrected chi connectivity index (χ2v) is 9.41. The van der Waals surface area contributed by atoms with Crippen LogP contribution < -0.4 is 19.8 Å². The monoisotopic (exact) mass is 505 g/mol. The Labute approximate surface area is 212 Å². The lowest BCUT2D eigenvalue weighted by Crippen LogP contribution is -2.40. The van der Waals surface area contributed by atoms with Crippen molar-refractivity contribution in [2.24, 2.45) is 4.99 Å². The summed E-state index contributed by atoms with van der Waals surface area (Å²) < 4.78 is 12.1. The van der Waals surface area contributed by atoms with E-state index in [1.54, 1.807) is 38.1 Å². The number of rotatable bonds is 6. The van der Waals surface area contributed by atoms with Gasteiger partial charge in [-0.15, -0.1) is 0 Å². The molecule has 0 saturated carbocycles. The fourth-order valence-corrected chi connectivity index (χ4v) is 5.09. The maximum atomic E-state index is 13.7. The molecule has 1 aliphatic heterocycles. The van der Waals surface area contributed by atoms with E-state index in [4.69, 9.17) is 9.47 Å². The van der Waals surface area contributed by atoms with E-state index in [0.717, 1.165) is 11.3 Å². The van der Waals surface area contributed by atoms with E-state index < -0.39 is 18.0 Å². The average Bonchev–Trinajstić information content (AvgIpc) is 3.17. The van der Waals surface area contributed by atoms with Crippen LogP contribution in [0.25, 0.3) is 6.08 Å². The predicted molar refractivity (Wildman–Crippen MR) is 139 cm³/mol. The van der Waals surface area contributed by atoms with Crippen LogP contribution in [-0.2, 0) is 14.3 Å². The zero-order valence-corrected chi connectivity index (χ0v) is 21.6. The number of thiazole rings is 1. The molecule has 2 aromatic carbocycles. The topological polar surface area (TPSA) is 90.2 Å². The summed E-state index contributed by atoms with van der Waals surface area (Å²) in [7, 11) is 5.25. The summed E-state index contributed by atoms with van der Waals surface area (Å²) in [5.41, 5.74) is 3.48. The highest BCUT2D eigenvalue weighted by Crippen LogP contribution is 2.31. The van der Waals surface area contributed by atoms with E-state index in [-0.39, 0.29) is 17.7 Å². The van der Waals surface area contributed by atoms with Gasteiger partial charge in [0.2, 0.25) is 0 Å². The number of ether oxygens (including phenoxy) is 2. The Morgan fingerprint density at radius 1 is 1.08 bits per heavy atom. The minimum Gasteiger partial charge on any atom is -0.465 e. The van der Waals surface area contributed by atoms with Crippen LogP contribution in [0.1, 0.15) is 41.4 Å². The number of methoxy groups -OCH3 is 1. The molecule has 1 unspecified atom stereocenters. The van der Waals surface area contributed by atoms with Gasteiger partial charge in [-0.3, -0.25) is 9.36 Å². The summed E-state index contributed by atoms with van der Waals surface area (Å²) in [5.74, 6) is -1.00. The molecule has 0 radical (unpaired) electrons. The summed E-state index contributed by atoms with van der Waals surface area (Å²) in [6.45, 7) is 3.65.